The van der Waals surface area contributed by atoms with Gasteiger partial charge in [-0.1, -0.05) is 17.3 Å². The third-order valence-electron chi connectivity index (χ3n) is 5.60. The summed E-state index contributed by atoms with van der Waals surface area (Å²) < 4.78 is 1.65. The van der Waals surface area contributed by atoms with Crippen LogP contribution in [0, 0.1) is 0 Å². The fourth-order valence-corrected chi connectivity index (χ4v) is 3.92. The first kappa shape index (κ1) is 18.6. The van der Waals surface area contributed by atoms with E-state index in [9.17, 15) is 4.79 Å². The largest absolute Gasteiger partial charge is 0.302 e. The lowest BCUT2D eigenvalue weighted by Crippen LogP contribution is -2.26. The van der Waals surface area contributed by atoms with E-state index in [0.717, 1.165) is 47.2 Å². The van der Waals surface area contributed by atoms with Crippen LogP contribution in [0.25, 0.3) is 22.2 Å². The summed E-state index contributed by atoms with van der Waals surface area (Å²) in [5.74, 6) is 0.0896. The van der Waals surface area contributed by atoms with Crippen molar-refractivity contribution in [1.82, 2.24) is 29.9 Å². The lowest BCUT2D eigenvalue weighted by atomic mass is 9.95. The Morgan fingerprint density at radius 3 is 2.70 bits per heavy atom. The van der Waals surface area contributed by atoms with Gasteiger partial charge in [0.2, 0.25) is 0 Å². The Kier molecular flexibility index (Phi) is 4.59. The van der Waals surface area contributed by atoms with Crippen molar-refractivity contribution in [3.63, 3.8) is 0 Å². The molecule has 7 heteroatoms. The molecule has 0 atom stereocenters. The van der Waals surface area contributed by atoms with E-state index in [-0.39, 0.29) is 12.2 Å². The summed E-state index contributed by atoms with van der Waals surface area (Å²) in [5, 5.41) is 10.00. The Labute approximate surface area is 174 Å². The van der Waals surface area contributed by atoms with Crippen molar-refractivity contribution in [2.24, 2.45) is 7.05 Å². The molecule has 1 aromatic carbocycles. The van der Waals surface area contributed by atoms with Gasteiger partial charge in [0, 0.05) is 49.2 Å². The van der Waals surface area contributed by atoms with Crippen LogP contribution in [-0.2, 0) is 26.4 Å². The summed E-state index contributed by atoms with van der Waals surface area (Å²) in [7, 11) is 3.95. The number of Topliss-reactive ketones (excluding diaryl/α,β-unsaturated/α-hetero) is 1. The number of carbonyl (C=O) groups excluding carboxylic acids is 1. The number of hydrogen-bond donors (Lipinski definition) is 0. The summed E-state index contributed by atoms with van der Waals surface area (Å²) in [6, 6.07) is 10.0. The Morgan fingerprint density at radius 1 is 1.00 bits per heavy atom. The van der Waals surface area contributed by atoms with Gasteiger partial charge in [0.1, 0.15) is 5.69 Å². The maximum absolute atomic E-state index is 12.9. The number of aryl methyl sites for hydroxylation is 1. The van der Waals surface area contributed by atoms with E-state index in [1.54, 1.807) is 17.1 Å². The van der Waals surface area contributed by atoms with Crippen LogP contribution >= 0.6 is 0 Å². The average Bonchev–Trinajstić information content (AvgIpc) is 3.19. The molecule has 1 aliphatic heterocycles. The van der Waals surface area contributed by atoms with Gasteiger partial charge in [0.25, 0.3) is 0 Å². The van der Waals surface area contributed by atoms with E-state index in [1.165, 1.54) is 11.1 Å². The van der Waals surface area contributed by atoms with Crippen molar-refractivity contribution < 1.29 is 4.79 Å². The SMILES string of the molecule is CN1CCc2cc(C(=O)Cc3cc4cc(-c5cn(C)nn5)ncc4cn3)ccc2C1. The monoisotopic (exact) mass is 398 g/mol. The zero-order valence-corrected chi connectivity index (χ0v) is 17.0. The van der Waals surface area contributed by atoms with Gasteiger partial charge in [-0.15, -0.1) is 5.10 Å². The Balaban J connectivity index is 1.40. The molecular formula is C23H22N6O. The molecule has 5 rings (SSSR count). The highest BCUT2D eigenvalue weighted by molar-refractivity contribution is 5.98. The van der Waals surface area contributed by atoms with Crippen LogP contribution in [0.15, 0.2) is 48.9 Å². The molecule has 3 aromatic heterocycles. The van der Waals surface area contributed by atoms with Gasteiger partial charge in [-0.25, -0.2) is 0 Å². The number of pyridine rings is 2. The molecule has 0 fully saturated rings. The first-order valence-electron chi connectivity index (χ1n) is 10.00. The number of ketones is 1. The van der Waals surface area contributed by atoms with E-state index in [4.69, 9.17) is 0 Å². The molecule has 7 nitrogen and oxygen atoms in total. The zero-order chi connectivity index (χ0) is 20.7. The Morgan fingerprint density at radius 2 is 1.87 bits per heavy atom. The van der Waals surface area contributed by atoms with Gasteiger partial charge in [-0.3, -0.25) is 19.4 Å². The molecule has 0 unspecified atom stereocenters. The van der Waals surface area contributed by atoms with Crippen LogP contribution in [0.2, 0.25) is 0 Å². The van der Waals surface area contributed by atoms with Gasteiger partial charge in [0.15, 0.2) is 5.78 Å². The molecule has 0 bridgehead atoms. The lowest BCUT2D eigenvalue weighted by Gasteiger charge is -2.25. The molecule has 150 valence electrons. The number of nitrogens with zero attached hydrogens (tertiary/aromatic N) is 6. The van der Waals surface area contributed by atoms with Crippen LogP contribution in [0.3, 0.4) is 0 Å². The van der Waals surface area contributed by atoms with Crippen LogP contribution in [-0.4, -0.2) is 49.2 Å². The second kappa shape index (κ2) is 7.42. The minimum Gasteiger partial charge on any atom is -0.302 e. The van der Waals surface area contributed by atoms with Crippen LogP contribution in [0.1, 0.15) is 27.2 Å². The molecule has 4 heterocycles. The Hall–Kier alpha value is -3.45. The number of benzene rings is 1. The minimum atomic E-state index is 0.0896. The first-order valence-corrected chi connectivity index (χ1v) is 10.00. The van der Waals surface area contributed by atoms with Crippen LogP contribution < -0.4 is 0 Å². The van der Waals surface area contributed by atoms with Gasteiger partial charge >= 0.3 is 0 Å². The fraction of sp³-hybridized carbons (Fsp3) is 0.261. The molecule has 0 spiro atoms. The molecule has 30 heavy (non-hydrogen) atoms. The van der Waals surface area contributed by atoms with Crippen molar-refractivity contribution >= 4 is 16.6 Å². The molecule has 0 aliphatic carbocycles. The predicted octanol–water partition coefficient (Wildman–Crippen LogP) is 2.84. The molecule has 4 aromatic rings. The van der Waals surface area contributed by atoms with Gasteiger partial charge < -0.3 is 4.90 Å². The topological polar surface area (TPSA) is 76.8 Å². The van der Waals surface area contributed by atoms with Crippen molar-refractivity contribution in [2.75, 3.05) is 13.6 Å². The highest BCUT2D eigenvalue weighted by atomic mass is 16.1. The van der Waals surface area contributed by atoms with Gasteiger partial charge in [-0.05, 0) is 48.2 Å². The summed E-state index contributed by atoms with van der Waals surface area (Å²) in [5.41, 5.74) is 5.57. The van der Waals surface area contributed by atoms with E-state index < -0.39 is 0 Å². The van der Waals surface area contributed by atoms with E-state index in [2.05, 4.69) is 44.4 Å². The maximum atomic E-state index is 12.9. The summed E-state index contributed by atoms with van der Waals surface area (Å²) in [6.07, 6.45) is 6.64. The molecule has 1 aliphatic rings. The van der Waals surface area contributed by atoms with Crippen molar-refractivity contribution in [1.29, 1.82) is 0 Å². The van der Waals surface area contributed by atoms with Crippen molar-refractivity contribution in [3.8, 4) is 11.4 Å². The standard InChI is InChI=1S/C23H22N6O/c1-28-6-5-15-7-16(3-4-17(15)13-28)23(30)10-20-8-18-9-21(22-14-29(2)27-26-22)25-12-19(18)11-24-20/h3-4,7-9,11-12,14H,5-6,10,13H2,1-2H3. The molecule has 0 N–H and O–H groups in total. The second-order valence-corrected chi connectivity index (χ2v) is 7.94. The fourth-order valence-electron chi connectivity index (χ4n) is 3.92. The number of fused-ring (bicyclic) bond motifs is 2. The number of aromatic nitrogens is 5. The highest BCUT2D eigenvalue weighted by Crippen LogP contribution is 2.22. The molecular weight excluding hydrogens is 376 g/mol. The summed E-state index contributed by atoms with van der Waals surface area (Å²) in [4.78, 5) is 24.1. The van der Waals surface area contributed by atoms with Crippen LogP contribution in [0.5, 0.6) is 0 Å². The zero-order valence-electron chi connectivity index (χ0n) is 17.0. The van der Waals surface area contributed by atoms with Crippen LogP contribution in [0.4, 0.5) is 0 Å². The minimum absolute atomic E-state index is 0.0896. The predicted molar refractivity (Wildman–Crippen MR) is 114 cm³/mol. The van der Waals surface area contributed by atoms with Crippen molar-refractivity contribution in [2.45, 2.75) is 19.4 Å². The third-order valence-corrected chi connectivity index (χ3v) is 5.60. The number of rotatable bonds is 4. The van der Waals surface area contributed by atoms with E-state index in [1.807, 2.05) is 31.4 Å². The van der Waals surface area contributed by atoms with Crippen molar-refractivity contribution in [3.05, 3.63) is 71.3 Å². The summed E-state index contributed by atoms with van der Waals surface area (Å²) in [6.45, 7) is 1.97. The summed E-state index contributed by atoms with van der Waals surface area (Å²) >= 11 is 0. The van der Waals surface area contributed by atoms with Gasteiger partial charge in [0.05, 0.1) is 18.3 Å². The molecule has 0 saturated heterocycles. The average molecular weight is 398 g/mol. The van der Waals surface area contributed by atoms with Gasteiger partial charge in [-0.2, -0.15) is 0 Å². The van der Waals surface area contributed by atoms with E-state index >= 15 is 0 Å². The highest BCUT2D eigenvalue weighted by Gasteiger charge is 2.16. The molecule has 0 radical (unpaired) electrons. The van der Waals surface area contributed by atoms with E-state index in [0.29, 0.717) is 5.69 Å². The third kappa shape index (κ3) is 3.59. The number of likely N-dealkylation sites (N-methyl/N-ethyl adjacent to an activating group) is 1. The normalized spacial score (nSPS) is 14.1. The number of carbonyl (C=O) groups is 1. The number of hydrogen-bond acceptors (Lipinski definition) is 6. The smallest absolute Gasteiger partial charge is 0.168 e. The maximum Gasteiger partial charge on any atom is 0.168 e. The Bertz CT molecular complexity index is 1260. The first-order chi connectivity index (χ1) is 14.5. The molecule has 0 saturated carbocycles. The quantitative estimate of drug-likeness (QED) is 0.492. The molecule has 0 amide bonds. The second-order valence-electron chi connectivity index (χ2n) is 7.94. The lowest BCUT2D eigenvalue weighted by molar-refractivity contribution is 0.0992.